The molecule has 19 heavy (non-hydrogen) atoms. The predicted octanol–water partition coefficient (Wildman–Crippen LogP) is 2.79. The lowest BCUT2D eigenvalue weighted by Crippen LogP contribution is -2.21. The van der Waals surface area contributed by atoms with Gasteiger partial charge in [0, 0.05) is 12.5 Å². The molecule has 1 aliphatic carbocycles. The number of hydrogen-bond acceptors (Lipinski definition) is 2. The van der Waals surface area contributed by atoms with Gasteiger partial charge in [-0.05, 0) is 24.8 Å². The second-order valence-electron chi connectivity index (χ2n) is 4.67. The first-order chi connectivity index (χ1) is 8.97. The van der Waals surface area contributed by atoms with Gasteiger partial charge in [-0.2, -0.15) is 0 Å². The first-order valence-corrected chi connectivity index (χ1v) is 5.99. The molecule has 1 aromatic carbocycles. The standard InChI is InChI=1S/C13H13F2NO3/c14-9-6-10(15)11(5-8(9)13(18)19)16-12(17)4-7-2-1-3-7/h5-7H,1-4H2,(H,16,17)(H,18,19). The molecule has 0 spiro atoms. The average Bonchev–Trinajstić information content (AvgIpc) is 2.27. The Morgan fingerprint density at radius 1 is 1.26 bits per heavy atom. The number of hydrogen-bond donors (Lipinski definition) is 2. The van der Waals surface area contributed by atoms with Crippen LogP contribution in [0, 0.1) is 17.6 Å². The van der Waals surface area contributed by atoms with Gasteiger partial charge in [0.1, 0.15) is 11.6 Å². The molecule has 1 saturated carbocycles. The molecule has 0 heterocycles. The number of aromatic carboxylic acids is 1. The number of carboxylic acid groups (broad SMARTS) is 1. The highest BCUT2D eigenvalue weighted by molar-refractivity contribution is 5.94. The van der Waals surface area contributed by atoms with Crippen LogP contribution in [0.2, 0.25) is 0 Å². The van der Waals surface area contributed by atoms with Crippen molar-refractivity contribution in [2.45, 2.75) is 25.7 Å². The lowest BCUT2D eigenvalue weighted by Gasteiger charge is -2.24. The molecule has 102 valence electrons. The number of halogens is 2. The predicted molar refractivity (Wildman–Crippen MR) is 63.9 cm³/mol. The maximum absolute atomic E-state index is 13.4. The van der Waals surface area contributed by atoms with E-state index in [1.54, 1.807) is 0 Å². The summed E-state index contributed by atoms with van der Waals surface area (Å²) in [5, 5.41) is 11.0. The number of anilines is 1. The molecule has 0 bridgehead atoms. The van der Waals surface area contributed by atoms with Gasteiger partial charge in [0.15, 0.2) is 0 Å². The Balaban J connectivity index is 2.12. The molecule has 6 heteroatoms. The van der Waals surface area contributed by atoms with Gasteiger partial charge >= 0.3 is 5.97 Å². The minimum atomic E-state index is -1.51. The van der Waals surface area contributed by atoms with E-state index >= 15 is 0 Å². The Bertz CT molecular complexity index is 527. The molecule has 4 nitrogen and oxygen atoms in total. The highest BCUT2D eigenvalue weighted by Crippen LogP contribution is 2.30. The lowest BCUT2D eigenvalue weighted by molar-refractivity contribution is -0.117. The fraction of sp³-hybridized carbons (Fsp3) is 0.385. The Labute approximate surface area is 108 Å². The maximum Gasteiger partial charge on any atom is 0.338 e. The van der Waals surface area contributed by atoms with Crippen LogP contribution in [-0.4, -0.2) is 17.0 Å². The Morgan fingerprint density at radius 3 is 2.47 bits per heavy atom. The summed E-state index contributed by atoms with van der Waals surface area (Å²) < 4.78 is 26.6. The van der Waals surface area contributed by atoms with E-state index in [9.17, 15) is 18.4 Å². The van der Waals surface area contributed by atoms with Gasteiger partial charge in [-0.1, -0.05) is 6.42 Å². The molecule has 0 unspecified atom stereocenters. The van der Waals surface area contributed by atoms with E-state index in [-0.39, 0.29) is 18.0 Å². The van der Waals surface area contributed by atoms with E-state index in [4.69, 9.17) is 5.11 Å². The summed E-state index contributed by atoms with van der Waals surface area (Å²) in [5.74, 6) is -3.73. The third-order valence-electron chi connectivity index (χ3n) is 3.26. The Morgan fingerprint density at radius 2 is 1.95 bits per heavy atom. The SMILES string of the molecule is O=C(CC1CCC1)Nc1cc(C(=O)O)c(F)cc1F. The zero-order chi connectivity index (χ0) is 14.0. The molecule has 1 aromatic rings. The van der Waals surface area contributed by atoms with Gasteiger partial charge in [-0.25, -0.2) is 13.6 Å². The summed E-state index contributed by atoms with van der Waals surface area (Å²) >= 11 is 0. The number of carbonyl (C=O) groups excluding carboxylic acids is 1. The second-order valence-corrected chi connectivity index (χ2v) is 4.67. The van der Waals surface area contributed by atoms with Crippen molar-refractivity contribution >= 4 is 17.6 Å². The summed E-state index contributed by atoms with van der Waals surface area (Å²) in [6, 6.07) is 1.26. The van der Waals surface area contributed by atoms with Gasteiger partial charge in [0.25, 0.3) is 0 Å². The summed E-state index contributed by atoms with van der Waals surface area (Å²) in [7, 11) is 0. The first-order valence-electron chi connectivity index (χ1n) is 5.99. The van der Waals surface area contributed by atoms with Gasteiger partial charge < -0.3 is 10.4 Å². The topological polar surface area (TPSA) is 66.4 Å². The van der Waals surface area contributed by atoms with Gasteiger partial charge in [-0.15, -0.1) is 0 Å². The van der Waals surface area contributed by atoms with Crippen molar-refractivity contribution < 1.29 is 23.5 Å². The van der Waals surface area contributed by atoms with Crippen LogP contribution in [0.25, 0.3) is 0 Å². The van der Waals surface area contributed by atoms with Crippen molar-refractivity contribution in [2.24, 2.45) is 5.92 Å². The van der Waals surface area contributed by atoms with Crippen molar-refractivity contribution in [3.8, 4) is 0 Å². The zero-order valence-electron chi connectivity index (χ0n) is 10.1. The highest BCUT2D eigenvalue weighted by Gasteiger charge is 2.22. The van der Waals surface area contributed by atoms with Gasteiger partial charge in [0.2, 0.25) is 5.91 Å². The minimum Gasteiger partial charge on any atom is -0.478 e. The number of nitrogens with one attached hydrogen (secondary N) is 1. The average molecular weight is 269 g/mol. The van der Waals surface area contributed by atoms with E-state index in [0.29, 0.717) is 12.0 Å². The van der Waals surface area contributed by atoms with E-state index < -0.39 is 23.2 Å². The van der Waals surface area contributed by atoms with E-state index in [0.717, 1.165) is 25.3 Å². The normalized spacial score (nSPS) is 14.8. The number of benzene rings is 1. The number of carbonyl (C=O) groups is 2. The van der Waals surface area contributed by atoms with Crippen molar-refractivity contribution in [3.63, 3.8) is 0 Å². The molecule has 1 aliphatic rings. The van der Waals surface area contributed by atoms with Crippen LogP contribution in [-0.2, 0) is 4.79 Å². The molecule has 0 aromatic heterocycles. The molecular formula is C13H13F2NO3. The smallest absolute Gasteiger partial charge is 0.338 e. The first kappa shape index (κ1) is 13.5. The van der Waals surface area contributed by atoms with Crippen molar-refractivity contribution in [3.05, 3.63) is 29.3 Å². The molecule has 2 rings (SSSR count). The molecule has 0 radical (unpaired) electrons. The summed E-state index contributed by atoms with van der Waals surface area (Å²) in [5.41, 5.74) is -0.969. The molecule has 1 fully saturated rings. The molecule has 1 amide bonds. The second kappa shape index (κ2) is 5.34. The van der Waals surface area contributed by atoms with Crippen LogP contribution in [0.5, 0.6) is 0 Å². The number of carboxylic acids is 1. The molecular weight excluding hydrogens is 256 g/mol. The van der Waals surface area contributed by atoms with Crippen LogP contribution < -0.4 is 5.32 Å². The molecule has 0 saturated heterocycles. The van der Waals surface area contributed by atoms with Crippen LogP contribution in [0.1, 0.15) is 36.0 Å². The molecule has 0 atom stereocenters. The number of rotatable bonds is 4. The monoisotopic (exact) mass is 269 g/mol. The summed E-state index contributed by atoms with van der Waals surface area (Å²) in [6.45, 7) is 0. The summed E-state index contributed by atoms with van der Waals surface area (Å²) in [6.07, 6.45) is 3.31. The zero-order valence-corrected chi connectivity index (χ0v) is 10.1. The fourth-order valence-electron chi connectivity index (χ4n) is 1.97. The molecule has 0 aliphatic heterocycles. The van der Waals surface area contributed by atoms with Crippen molar-refractivity contribution in [1.29, 1.82) is 0 Å². The van der Waals surface area contributed by atoms with E-state index in [1.807, 2.05) is 0 Å². The third-order valence-corrected chi connectivity index (χ3v) is 3.26. The van der Waals surface area contributed by atoms with E-state index in [1.165, 1.54) is 0 Å². The Kier molecular flexibility index (Phi) is 3.78. The maximum atomic E-state index is 13.4. The highest BCUT2D eigenvalue weighted by atomic mass is 19.1. The van der Waals surface area contributed by atoms with Crippen LogP contribution in [0.15, 0.2) is 12.1 Å². The quantitative estimate of drug-likeness (QED) is 0.883. The van der Waals surface area contributed by atoms with Crippen LogP contribution in [0.4, 0.5) is 14.5 Å². The Hall–Kier alpha value is -1.98. The summed E-state index contributed by atoms with van der Waals surface area (Å²) in [4.78, 5) is 22.3. The number of amides is 1. The van der Waals surface area contributed by atoms with Crippen LogP contribution >= 0.6 is 0 Å². The minimum absolute atomic E-state index is 0.277. The van der Waals surface area contributed by atoms with E-state index in [2.05, 4.69) is 5.32 Å². The third kappa shape index (κ3) is 3.07. The largest absolute Gasteiger partial charge is 0.478 e. The van der Waals surface area contributed by atoms with Crippen molar-refractivity contribution in [2.75, 3.05) is 5.32 Å². The van der Waals surface area contributed by atoms with Gasteiger partial charge in [0.05, 0.1) is 11.3 Å². The van der Waals surface area contributed by atoms with Gasteiger partial charge in [-0.3, -0.25) is 4.79 Å². The van der Waals surface area contributed by atoms with Crippen LogP contribution in [0.3, 0.4) is 0 Å². The van der Waals surface area contributed by atoms with Crippen molar-refractivity contribution in [1.82, 2.24) is 0 Å². The fourth-order valence-corrected chi connectivity index (χ4v) is 1.97. The molecule has 2 N–H and O–H groups in total. The lowest BCUT2D eigenvalue weighted by atomic mass is 9.83.